The van der Waals surface area contributed by atoms with Gasteiger partial charge in [-0.1, -0.05) is 0 Å². The summed E-state index contributed by atoms with van der Waals surface area (Å²) in [6, 6.07) is 13.5. The summed E-state index contributed by atoms with van der Waals surface area (Å²) in [4.78, 5) is 23.7. The summed E-state index contributed by atoms with van der Waals surface area (Å²) in [6.45, 7) is 1.84. The van der Waals surface area contributed by atoms with Crippen LogP contribution in [0.2, 0.25) is 0 Å². The first kappa shape index (κ1) is 14.8. The number of rotatable bonds is 3. The Morgan fingerprint density at radius 1 is 1.09 bits per heavy atom. The zero-order chi connectivity index (χ0) is 16.4. The van der Waals surface area contributed by atoms with Crippen LogP contribution < -0.4 is 15.7 Å². The smallest absolute Gasteiger partial charge is 0.336 e. The molecule has 0 atom stereocenters. The monoisotopic (exact) mass is 309 g/mol. The number of hydrogen-bond donors (Lipinski definition) is 1. The average molecular weight is 309 g/mol. The fourth-order valence-corrected chi connectivity index (χ4v) is 2.35. The summed E-state index contributed by atoms with van der Waals surface area (Å²) in [5, 5.41) is 3.62. The van der Waals surface area contributed by atoms with E-state index in [0.717, 1.165) is 10.9 Å². The molecule has 0 spiro atoms. The fourth-order valence-electron chi connectivity index (χ4n) is 2.35. The summed E-state index contributed by atoms with van der Waals surface area (Å²) in [5.74, 6) is 0.437. The molecule has 0 aliphatic heterocycles. The number of anilines is 1. The van der Waals surface area contributed by atoms with Gasteiger partial charge in [0.05, 0.1) is 7.11 Å². The Kier molecular flexibility index (Phi) is 3.85. The van der Waals surface area contributed by atoms with Crippen molar-refractivity contribution in [1.29, 1.82) is 0 Å². The minimum Gasteiger partial charge on any atom is -0.497 e. The van der Waals surface area contributed by atoms with E-state index in [4.69, 9.17) is 9.15 Å². The van der Waals surface area contributed by atoms with Crippen LogP contribution in [0.5, 0.6) is 5.75 Å². The third-order valence-electron chi connectivity index (χ3n) is 3.56. The maximum Gasteiger partial charge on any atom is 0.336 e. The Balaban J connectivity index is 1.88. The Morgan fingerprint density at radius 2 is 1.83 bits per heavy atom. The molecule has 1 N–H and O–H groups in total. The zero-order valence-electron chi connectivity index (χ0n) is 12.8. The predicted molar refractivity (Wildman–Crippen MR) is 88.2 cm³/mol. The van der Waals surface area contributed by atoms with Crippen molar-refractivity contribution in [2.24, 2.45) is 0 Å². The number of aryl methyl sites for hydroxylation is 1. The number of carbonyl (C=O) groups is 1. The van der Waals surface area contributed by atoms with Gasteiger partial charge >= 0.3 is 5.63 Å². The molecule has 3 aromatic rings. The zero-order valence-corrected chi connectivity index (χ0v) is 12.8. The van der Waals surface area contributed by atoms with Crippen molar-refractivity contribution in [3.05, 3.63) is 70.1 Å². The summed E-state index contributed by atoms with van der Waals surface area (Å²) < 4.78 is 10.2. The van der Waals surface area contributed by atoms with Crippen LogP contribution in [0, 0.1) is 6.92 Å². The van der Waals surface area contributed by atoms with Crippen LogP contribution in [-0.4, -0.2) is 13.0 Å². The van der Waals surface area contributed by atoms with Crippen molar-refractivity contribution in [3.8, 4) is 5.75 Å². The van der Waals surface area contributed by atoms with Crippen LogP contribution >= 0.6 is 0 Å². The molecular formula is C18H15NO4. The molecule has 0 saturated heterocycles. The molecule has 3 rings (SSSR count). The molecule has 0 bridgehead atoms. The Hall–Kier alpha value is -3.08. The minimum atomic E-state index is -0.409. The molecule has 5 heteroatoms. The van der Waals surface area contributed by atoms with Gasteiger partial charge in [-0.2, -0.15) is 0 Å². The molecule has 116 valence electrons. The van der Waals surface area contributed by atoms with E-state index in [1.54, 1.807) is 43.5 Å². The number of fused-ring (bicyclic) bond motifs is 1. The van der Waals surface area contributed by atoms with Gasteiger partial charge in [-0.15, -0.1) is 0 Å². The minimum absolute atomic E-state index is 0.248. The molecule has 0 fully saturated rings. The van der Waals surface area contributed by atoms with Crippen LogP contribution in [-0.2, 0) is 0 Å². The van der Waals surface area contributed by atoms with E-state index in [0.29, 0.717) is 22.6 Å². The number of nitrogens with one attached hydrogen (secondary N) is 1. The van der Waals surface area contributed by atoms with Crippen LogP contribution in [0.3, 0.4) is 0 Å². The van der Waals surface area contributed by atoms with Crippen LogP contribution in [0.15, 0.2) is 57.7 Å². The topological polar surface area (TPSA) is 68.5 Å². The maximum atomic E-state index is 12.2. The summed E-state index contributed by atoms with van der Waals surface area (Å²) >= 11 is 0. The highest BCUT2D eigenvalue weighted by Gasteiger charge is 2.08. The van der Waals surface area contributed by atoms with E-state index >= 15 is 0 Å². The molecule has 0 aliphatic rings. The Labute approximate surface area is 132 Å². The van der Waals surface area contributed by atoms with E-state index in [-0.39, 0.29) is 5.91 Å². The molecule has 2 aromatic carbocycles. The maximum absolute atomic E-state index is 12.2. The Morgan fingerprint density at radius 3 is 2.52 bits per heavy atom. The lowest BCUT2D eigenvalue weighted by Crippen LogP contribution is -2.11. The largest absolute Gasteiger partial charge is 0.497 e. The van der Waals surface area contributed by atoms with Crippen LogP contribution in [0.25, 0.3) is 11.0 Å². The highest BCUT2D eigenvalue weighted by Crippen LogP contribution is 2.21. The van der Waals surface area contributed by atoms with Crippen molar-refractivity contribution in [2.45, 2.75) is 6.92 Å². The molecule has 1 heterocycles. The van der Waals surface area contributed by atoms with E-state index in [9.17, 15) is 9.59 Å². The van der Waals surface area contributed by atoms with Gasteiger partial charge in [0.25, 0.3) is 5.91 Å². The lowest BCUT2D eigenvalue weighted by molar-refractivity contribution is 0.102. The van der Waals surface area contributed by atoms with Gasteiger partial charge in [-0.3, -0.25) is 4.79 Å². The van der Waals surface area contributed by atoms with E-state index in [1.165, 1.54) is 6.07 Å². The van der Waals surface area contributed by atoms with Gasteiger partial charge in [-0.05, 0) is 48.9 Å². The molecule has 5 nitrogen and oxygen atoms in total. The highest BCUT2D eigenvalue weighted by molar-refractivity contribution is 6.05. The van der Waals surface area contributed by atoms with Gasteiger partial charge < -0.3 is 14.5 Å². The summed E-state index contributed by atoms with van der Waals surface area (Å²) in [7, 11) is 1.57. The molecule has 0 radical (unpaired) electrons. The van der Waals surface area contributed by atoms with E-state index in [1.807, 2.05) is 13.0 Å². The molecule has 0 saturated carbocycles. The van der Waals surface area contributed by atoms with Crippen molar-refractivity contribution < 1.29 is 13.9 Å². The highest BCUT2D eigenvalue weighted by atomic mass is 16.5. The van der Waals surface area contributed by atoms with Crippen molar-refractivity contribution in [3.63, 3.8) is 0 Å². The molecule has 0 unspecified atom stereocenters. The fraction of sp³-hybridized carbons (Fsp3) is 0.111. The standard InChI is InChI=1S/C18H15NO4/c1-11-9-17(20)23-16-10-13(5-8-15(11)16)19-18(21)12-3-6-14(22-2)7-4-12/h3-10H,1-2H3,(H,19,21). The number of hydrogen-bond acceptors (Lipinski definition) is 4. The predicted octanol–water partition coefficient (Wildman–Crippen LogP) is 3.36. The van der Waals surface area contributed by atoms with Gasteiger partial charge in [-0.25, -0.2) is 4.79 Å². The van der Waals surface area contributed by atoms with Crippen molar-refractivity contribution >= 4 is 22.6 Å². The molecule has 0 aliphatic carbocycles. The second-order valence-electron chi connectivity index (χ2n) is 5.14. The van der Waals surface area contributed by atoms with Crippen molar-refractivity contribution in [1.82, 2.24) is 0 Å². The first-order valence-electron chi connectivity index (χ1n) is 7.07. The van der Waals surface area contributed by atoms with Crippen molar-refractivity contribution in [2.75, 3.05) is 12.4 Å². The number of benzene rings is 2. The SMILES string of the molecule is COc1ccc(C(=O)Nc2ccc3c(C)cc(=O)oc3c2)cc1. The second kappa shape index (κ2) is 5.96. The average Bonchev–Trinajstić information content (AvgIpc) is 2.54. The normalized spacial score (nSPS) is 10.5. The van der Waals surface area contributed by atoms with Gasteiger partial charge in [0, 0.05) is 28.8 Å². The number of methoxy groups -OCH3 is 1. The third-order valence-corrected chi connectivity index (χ3v) is 3.56. The lowest BCUT2D eigenvalue weighted by Gasteiger charge is -2.07. The first-order valence-corrected chi connectivity index (χ1v) is 7.07. The molecule has 1 aromatic heterocycles. The molecule has 23 heavy (non-hydrogen) atoms. The number of ether oxygens (including phenoxy) is 1. The van der Waals surface area contributed by atoms with Gasteiger partial charge in [0.2, 0.25) is 0 Å². The Bertz CT molecular complexity index is 926. The summed E-state index contributed by atoms with van der Waals surface area (Å²) in [6.07, 6.45) is 0. The van der Waals surface area contributed by atoms with Crippen LogP contribution in [0.4, 0.5) is 5.69 Å². The quantitative estimate of drug-likeness (QED) is 0.753. The second-order valence-corrected chi connectivity index (χ2v) is 5.14. The van der Waals surface area contributed by atoms with Crippen LogP contribution in [0.1, 0.15) is 15.9 Å². The molecular weight excluding hydrogens is 294 g/mol. The van der Waals surface area contributed by atoms with E-state index in [2.05, 4.69) is 5.32 Å². The lowest BCUT2D eigenvalue weighted by atomic mass is 10.1. The molecule has 1 amide bonds. The summed E-state index contributed by atoms with van der Waals surface area (Å²) in [5.41, 5.74) is 1.95. The van der Waals surface area contributed by atoms with Gasteiger partial charge in [0.15, 0.2) is 0 Å². The van der Waals surface area contributed by atoms with E-state index < -0.39 is 5.63 Å². The number of amides is 1. The third kappa shape index (κ3) is 3.08. The number of carbonyl (C=O) groups excluding carboxylic acids is 1. The van der Waals surface area contributed by atoms with Gasteiger partial charge in [0.1, 0.15) is 11.3 Å². The first-order chi connectivity index (χ1) is 11.1.